The molecule has 0 bridgehead atoms. The van der Waals surface area contributed by atoms with Crippen LogP contribution in [0.25, 0.3) is 12.2 Å². The van der Waals surface area contributed by atoms with Gasteiger partial charge in [0.2, 0.25) is 0 Å². The number of aromatic nitrogens is 1. The Labute approximate surface area is 232 Å². The highest BCUT2D eigenvalue weighted by molar-refractivity contribution is 5.60. The molecule has 0 saturated heterocycles. The number of hydrogen-bond acceptors (Lipinski definition) is 1. The Balaban J connectivity index is 0.000000268. The lowest BCUT2D eigenvalue weighted by Gasteiger charge is -2.12. The lowest BCUT2D eigenvalue weighted by Crippen LogP contribution is -2.15. The van der Waals surface area contributed by atoms with Crippen molar-refractivity contribution in [3.05, 3.63) is 136 Å². The van der Waals surface area contributed by atoms with E-state index in [1.54, 1.807) is 6.08 Å². The van der Waals surface area contributed by atoms with E-state index >= 15 is 0 Å². The molecule has 0 amide bonds. The molecule has 202 valence electrons. The number of rotatable bonds is 2. The van der Waals surface area contributed by atoms with E-state index in [0.717, 1.165) is 17.6 Å². The molecule has 1 heterocycles. The third-order valence-corrected chi connectivity index (χ3v) is 5.86. The van der Waals surface area contributed by atoms with Crippen molar-refractivity contribution in [1.29, 1.82) is 0 Å². The lowest BCUT2D eigenvalue weighted by atomic mass is 9.93. The maximum Gasteiger partial charge on any atom is 0.132 e. The molecule has 38 heavy (non-hydrogen) atoms. The molecule has 0 N–H and O–H groups in total. The van der Waals surface area contributed by atoms with E-state index in [4.69, 9.17) is 0 Å². The Morgan fingerprint density at radius 1 is 0.868 bits per heavy atom. The number of allylic oxidation sites excluding steroid dienone is 5. The summed E-state index contributed by atoms with van der Waals surface area (Å²) in [6.07, 6.45) is 15.9. The van der Waals surface area contributed by atoms with Crippen molar-refractivity contribution in [2.45, 2.75) is 67.7 Å². The molecule has 2 aliphatic carbocycles. The molecule has 2 aromatic carbocycles. The van der Waals surface area contributed by atoms with E-state index in [1.165, 1.54) is 46.2 Å². The first kappa shape index (κ1) is 32.4. The van der Waals surface area contributed by atoms with Gasteiger partial charge in [-0.3, -0.25) is 0 Å². The molecule has 0 atom stereocenters. The van der Waals surface area contributed by atoms with Gasteiger partial charge in [-0.25, -0.2) is 4.99 Å². The van der Waals surface area contributed by atoms with Crippen LogP contribution in [0, 0.1) is 6.92 Å². The molecular formula is C36H48N2. The summed E-state index contributed by atoms with van der Waals surface area (Å²) in [6.45, 7) is 17.9. The highest BCUT2D eigenvalue weighted by Crippen LogP contribution is 2.22. The molecule has 0 saturated carbocycles. The van der Waals surface area contributed by atoms with Gasteiger partial charge in [0, 0.05) is 18.9 Å². The minimum atomic E-state index is 0.943. The van der Waals surface area contributed by atoms with Gasteiger partial charge in [-0.2, -0.15) is 0 Å². The van der Waals surface area contributed by atoms with Gasteiger partial charge in [0.05, 0.1) is 0 Å². The molecule has 2 heteroatoms. The molecule has 0 fully saturated rings. The van der Waals surface area contributed by atoms with E-state index < -0.39 is 0 Å². The summed E-state index contributed by atoms with van der Waals surface area (Å²) in [5.74, 6) is 0. The third-order valence-electron chi connectivity index (χ3n) is 5.86. The average Bonchev–Trinajstić information content (AvgIpc) is 3.41. The van der Waals surface area contributed by atoms with Crippen molar-refractivity contribution < 1.29 is 0 Å². The van der Waals surface area contributed by atoms with Gasteiger partial charge in [-0.05, 0) is 80.5 Å². The zero-order valence-electron chi connectivity index (χ0n) is 25.0. The summed E-state index contributed by atoms with van der Waals surface area (Å²) in [5.41, 5.74) is 10.5. The molecule has 2 aliphatic rings. The average molecular weight is 509 g/mol. The van der Waals surface area contributed by atoms with Crippen LogP contribution in [0.5, 0.6) is 0 Å². The van der Waals surface area contributed by atoms with Crippen molar-refractivity contribution in [3.8, 4) is 0 Å². The first-order valence-corrected chi connectivity index (χ1v) is 13.9. The number of aryl methyl sites for hydroxylation is 3. The SMILES string of the molecule is C=C/C=C(/C)N=c1ccccn1C.CC.CC.CC1=Cc2ccccc2CC1.Cc1ccc2c(c1)C=CC2. The number of fused-ring (bicyclic) bond motifs is 2. The summed E-state index contributed by atoms with van der Waals surface area (Å²) in [5, 5.41) is 0. The maximum absolute atomic E-state index is 4.40. The summed E-state index contributed by atoms with van der Waals surface area (Å²) in [6, 6.07) is 21.2. The Kier molecular flexibility index (Phi) is 15.8. The Hall–Kier alpha value is -3.65. The van der Waals surface area contributed by atoms with Gasteiger partial charge in [0.25, 0.3) is 0 Å². The number of pyridine rings is 1. The molecular weight excluding hydrogens is 460 g/mol. The van der Waals surface area contributed by atoms with Crippen LogP contribution in [-0.4, -0.2) is 4.57 Å². The fourth-order valence-electron chi connectivity index (χ4n) is 3.96. The van der Waals surface area contributed by atoms with E-state index in [0.29, 0.717) is 0 Å². The van der Waals surface area contributed by atoms with Crippen molar-refractivity contribution in [2.24, 2.45) is 12.0 Å². The Bertz CT molecular complexity index is 1280. The molecule has 0 aliphatic heterocycles. The Morgan fingerprint density at radius 2 is 1.58 bits per heavy atom. The quantitative estimate of drug-likeness (QED) is 0.307. The minimum absolute atomic E-state index is 0.943. The Morgan fingerprint density at radius 3 is 2.29 bits per heavy atom. The predicted molar refractivity (Wildman–Crippen MR) is 170 cm³/mol. The zero-order chi connectivity index (χ0) is 28.3. The first-order chi connectivity index (χ1) is 18.5. The van der Waals surface area contributed by atoms with Crippen molar-refractivity contribution in [2.75, 3.05) is 0 Å². The van der Waals surface area contributed by atoms with Gasteiger partial charge in [-0.1, -0.05) is 118 Å². The van der Waals surface area contributed by atoms with E-state index in [1.807, 2.05) is 76.7 Å². The number of nitrogens with zero attached hydrogens (tertiary/aromatic N) is 2. The van der Waals surface area contributed by atoms with Crippen LogP contribution < -0.4 is 5.49 Å². The first-order valence-electron chi connectivity index (χ1n) is 13.9. The monoisotopic (exact) mass is 508 g/mol. The lowest BCUT2D eigenvalue weighted by molar-refractivity contribution is 0.827. The van der Waals surface area contributed by atoms with Gasteiger partial charge in [0.15, 0.2) is 0 Å². The van der Waals surface area contributed by atoms with E-state index in [2.05, 4.69) is 86.1 Å². The fraction of sp³-hybridized carbons (Fsp3) is 0.306. The van der Waals surface area contributed by atoms with Gasteiger partial charge in [0.1, 0.15) is 5.49 Å². The molecule has 0 radical (unpaired) electrons. The van der Waals surface area contributed by atoms with E-state index in [-0.39, 0.29) is 0 Å². The van der Waals surface area contributed by atoms with Crippen LogP contribution in [0.2, 0.25) is 0 Å². The normalized spacial score (nSPS) is 12.9. The molecule has 3 aromatic rings. The largest absolute Gasteiger partial charge is 0.336 e. The second kappa shape index (κ2) is 18.6. The second-order valence-corrected chi connectivity index (χ2v) is 8.82. The van der Waals surface area contributed by atoms with E-state index in [9.17, 15) is 0 Å². The number of hydrogen-bond donors (Lipinski definition) is 0. The molecule has 0 spiro atoms. The predicted octanol–water partition coefficient (Wildman–Crippen LogP) is 9.67. The summed E-state index contributed by atoms with van der Waals surface area (Å²) in [4.78, 5) is 4.40. The van der Waals surface area contributed by atoms with Gasteiger partial charge < -0.3 is 4.57 Å². The second-order valence-electron chi connectivity index (χ2n) is 8.82. The van der Waals surface area contributed by atoms with Crippen LogP contribution in [0.3, 0.4) is 0 Å². The minimum Gasteiger partial charge on any atom is -0.336 e. The van der Waals surface area contributed by atoms with Crippen LogP contribution in [-0.2, 0) is 19.9 Å². The van der Waals surface area contributed by atoms with Crippen molar-refractivity contribution in [1.82, 2.24) is 4.57 Å². The van der Waals surface area contributed by atoms with Gasteiger partial charge >= 0.3 is 0 Å². The van der Waals surface area contributed by atoms with Gasteiger partial charge in [-0.15, -0.1) is 0 Å². The van der Waals surface area contributed by atoms with Crippen LogP contribution in [0.1, 0.15) is 75.8 Å². The highest BCUT2D eigenvalue weighted by atomic mass is 15.0. The highest BCUT2D eigenvalue weighted by Gasteiger charge is 2.05. The molecule has 2 nitrogen and oxygen atoms in total. The van der Waals surface area contributed by atoms with Crippen LogP contribution in [0.4, 0.5) is 0 Å². The standard InChI is InChI=1S/C11H14N2.C11H12.C10H10.2C2H6/c1-4-7-10(2)12-11-8-5-6-9-13(11)3;1-9-6-7-10-4-2-3-5-11(10)8-9;1-8-5-6-9-3-2-4-10(9)7-8;2*1-2/h4-9H,1H2,2-3H3;2-5,8H,6-7H2,1H3;2,4-7H,3H2,1H3;2*1-2H3/b10-7-,12-11?;;;;. The van der Waals surface area contributed by atoms with Crippen molar-refractivity contribution in [3.63, 3.8) is 0 Å². The molecule has 1 aromatic heterocycles. The summed E-state index contributed by atoms with van der Waals surface area (Å²) >= 11 is 0. The smallest absolute Gasteiger partial charge is 0.132 e. The topological polar surface area (TPSA) is 17.3 Å². The van der Waals surface area contributed by atoms with Crippen LogP contribution in [0.15, 0.2) is 108 Å². The van der Waals surface area contributed by atoms with Crippen LogP contribution >= 0.6 is 0 Å². The third kappa shape index (κ3) is 11.2. The number of benzene rings is 2. The molecule has 5 rings (SSSR count). The maximum atomic E-state index is 4.40. The van der Waals surface area contributed by atoms with Crippen molar-refractivity contribution >= 4 is 12.2 Å². The zero-order valence-corrected chi connectivity index (χ0v) is 25.0. The summed E-state index contributed by atoms with van der Waals surface area (Å²) < 4.78 is 1.97. The molecule has 0 unspecified atom stereocenters. The summed E-state index contributed by atoms with van der Waals surface area (Å²) in [7, 11) is 1.97. The fourth-order valence-corrected chi connectivity index (χ4v) is 3.96.